The summed E-state index contributed by atoms with van der Waals surface area (Å²) in [4.78, 5) is 24.5. The monoisotopic (exact) mass is 371 g/mol. The topological polar surface area (TPSA) is 84.2 Å². The molecule has 0 saturated carbocycles. The zero-order valence-electron chi connectivity index (χ0n) is 14.6. The molecular formula is C19H21N3O3S. The van der Waals surface area contributed by atoms with Crippen molar-refractivity contribution in [3.05, 3.63) is 52.5 Å². The van der Waals surface area contributed by atoms with Crippen molar-refractivity contribution in [1.29, 1.82) is 0 Å². The van der Waals surface area contributed by atoms with Gasteiger partial charge in [-0.3, -0.25) is 14.3 Å². The molecule has 3 aromatic rings. The van der Waals surface area contributed by atoms with Crippen molar-refractivity contribution in [3.8, 4) is 0 Å². The summed E-state index contributed by atoms with van der Waals surface area (Å²) in [6.07, 6.45) is 1.35. The normalized spacial score (nSPS) is 11.0. The minimum Gasteiger partial charge on any atom is -0.481 e. The number of carboxylic acids is 1. The zero-order valence-corrected chi connectivity index (χ0v) is 15.4. The fraction of sp³-hybridized carbons (Fsp3) is 0.316. The lowest BCUT2D eigenvalue weighted by Crippen LogP contribution is -2.23. The standard InChI is InChI=1S/C19H21N3O3S/c1-13-15-11-16(18(25)20-10-6-5-9-17(23)24)26-19(15)22(21-13)12-14-7-3-2-4-8-14/h2-4,7-8,11H,5-6,9-10,12H2,1H3,(H,20,25)(H,23,24). The van der Waals surface area contributed by atoms with Crippen LogP contribution in [0.15, 0.2) is 36.4 Å². The van der Waals surface area contributed by atoms with Gasteiger partial charge in [0.25, 0.3) is 5.91 Å². The number of nitrogens with one attached hydrogen (secondary N) is 1. The number of benzene rings is 1. The van der Waals surface area contributed by atoms with E-state index in [0.717, 1.165) is 21.5 Å². The third kappa shape index (κ3) is 4.29. The maximum atomic E-state index is 12.3. The summed E-state index contributed by atoms with van der Waals surface area (Å²) in [5, 5.41) is 17.1. The molecule has 0 atom stereocenters. The second kappa shape index (κ2) is 8.14. The van der Waals surface area contributed by atoms with Crippen LogP contribution in [-0.4, -0.2) is 33.3 Å². The number of fused-ring (bicyclic) bond motifs is 1. The first-order valence-corrected chi connectivity index (χ1v) is 9.37. The second-order valence-electron chi connectivity index (χ2n) is 6.16. The summed E-state index contributed by atoms with van der Waals surface area (Å²) in [5.41, 5.74) is 2.07. The number of hydrogen-bond donors (Lipinski definition) is 2. The van der Waals surface area contributed by atoms with Crippen LogP contribution in [0.25, 0.3) is 10.2 Å². The van der Waals surface area contributed by atoms with E-state index in [0.29, 0.717) is 30.8 Å². The minimum absolute atomic E-state index is 0.118. The minimum atomic E-state index is -0.806. The Balaban J connectivity index is 1.68. The molecule has 0 spiro atoms. The van der Waals surface area contributed by atoms with Gasteiger partial charge in [-0.1, -0.05) is 30.3 Å². The number of aryl methyl sites for hydroxylation is 1. The number of aliphatic carboxylic acids is 1. The molecule has 1 amide bonds. The Hall–Kier alpha value is -2.67. The summed E-state index contributed by atoms with van der Waals surface area (Å²) >= 11 is 1.44. The van der Waals surface area contributed by atoms with Crippen LogP contribution in [0.2, 0.25) is 0 Å². The Kier molecular flexibility index (Phi) is 5.68. The average Bonchev–Trinajstić information content (AvgIpc) is 3.17. The van der Waals surface area contributed by atoms with Gasteiger partial charge in [-0.15, -0.1) is 11.3 Å². The van der Waals surface area contributed by atoms with E-state index in [9.17, 15) is 9.59 Å². The number of aromatic nitrogens is 2. The summed E-state index contributed by atoms with van der Waals surface area (Å²) in [6.45, 7) is 3.10. The first-order valence-electron chi connectivity index (χ1n) is 8.55. The highest BCUT2D eigenvalue weighted by Gasteiger charge is 2.16. The zero-order chi connectivity index (χ0) is 18.5. The molecule has 7 heteroatoms. The predicted octanol–water partition coefficient (Wildman–Crippen LogP) is 3.44. The number of thiophene rings is 1. The molecule has 0 aliphatic carbocycles. The van der Waals surface area contributed by atoms with Crippen LogP contribution in [0.3, 0.4) is 0 Å². The third-order valence-corrected chi connectivity index (χ3v) is 5.26. The number of nitrogens with zero attached hydrogens (tertiary/aromatic N) is 2. The maximum absolute atomic E-state index is 12.3. The Morgan fingerprint density at radius 2 is 2.00 bits per heavy atom. The Morgan fingerprint density at radius 3 is 2.73 bits per heavy atom. The van der Waals surface area contributed by atoms with Crippen molar-refractivity contribution in [2.45, 2.75) is 32.7 Å². The van der Waals surface area contributed by atoms with Crippen molar-refractivity contribution in [3.63, 3.8) is 0 Å². The van der Waals surface area contributed by atoms with Crippen LogP contribution in [0.4, 0.5) is 0 Å². The molecule has 0 bridgehead atoms. The maximum Gasteiger partial charge on any atom is 0.303 e. The lowest BCUT2D eigenvalue weighted by Gasteiger charge is -2.03. The quantitative estimate of drug-likeness (QED) is 0.594. The second-order valence-corrected chi connectivity index (χ2v) is 7.20. The van der Waals surface area contributed by atoms with Gasteiger partial charge in [0.1, 0.15) is 4.83 Å². The van der Waals surface area contributed by atoms with Crippen LogP contribution >= 0.6 is 11.3 Å². The fourth-order valence-corrected chi connectivity index (χ4v) is 3.86. The van der Waals surface area contributed by atoms with Crippen LogP contribution in [0, 0.1) is 6.92 Å². The van der Waals surface area contributed by atoms with E-state index in [1.165, 1.54) is 11.3 Å². The number of carbonyl (C=O) groups excluding carboxylic acids is 1. The molecule has 1 aromatic carbocycles. The highest BCUT2D eigenvalue weighted by Crippen LogP contribution is 2.28. The van der Waals surface area contributed by atoms with E-state index in [4.69, 9.17) is 5.11 Å². The number of carbonyl (C=O) groups is 2. The molecule has 2 aromatic heterocycles. The molecule has 2 heterocycles. The van der Waals surface area contributed by atoms with Crippen LogP contribution < -0.4 is 5.32 Å². The predicted molar refractivity (Wildman–Crippen MR) is 102 cm³/mol. The highest BCUT2D eigenvalue weighted by molar-refractivity contribution is 7.20. The lowest BCUT2D eigenvalue weighted by molar-refractivity contribution is -0.137. The Bertz CT molecular complexity index is 915. The third-order valence-electron chi connectivity index (χ3n) is 4.11. The Morgan fingerprint density at radius 1 is 1.23 bits per heavy atom. The SMILES string of the molecule is Cc1nn(Cc2ccccc2)c2sc(C(=O)NCCCCC(=O)O)cc12. The molecule has 3 rings (SSSR count). The molecule has 26 heavy (non-hydrogen) atoms. The van der Waals surface area contributed by atoms with Gasteiger partial charge in [-0.05, 0) is 31.4 Å². The molecule has 136 valence electrons. The van der Waals surface area contributed by atoms with Crippen molar-refractivity contribution < 1.29 is 14.7 Å². The molecular weight excluding hydrogens is 350 g/mol. The average molecular weight is 371 g/mol. The van der Waals surface area contributed by atoms with Gasteiger partial charge in [0.05, 0.1) is 17.1 Å². The van der Waals surface area contributed by atoms with Crippen molar-refractivity contribution in [2.75, 3.05) is 6.54 Å². The van der Waals surface area contributed by atoms with Crippen LogP contribution in [-0.2, 0) is 11.3 Å². The van der Waals surface area contributed by atoms with Gasteiger partial charge in [0.15, 0.2) is 0 Å². The number of rotatable bonds is 8. The van der Waals surface area contributed by atoms with Gasteiger partial charge < -0.3 is 10.4 Å². The molecule has 0 fully saturated rings. The lowest BCUT2D eigenvalue weighted by atomic mass is 10.2. The molecule has 0 aliphatic rings. The molecule has 0 saturated heterocycles. The number of amides is 1. The first kappa shape index (κ1) is 18.1. The highest BCUT2D eigenvalue weighted by atomic mass is 32.1. The van der Waals surface area contributed by atoms with E-state index in [1.807, 2.05) is 35.9 Å². The Labute approximate surface area is 155 Å². The fourth-order valence-electron chi connectivity index (χ4n) is 2.78. The van der Waals surface area contributed by atoms with Gasteiger partial charge >= 0.3 is 5.97 Å². The van der Waals surface area contributed by atoms with Gasteiger partial charge in [-0.2, -0.15) is 5.10 Å². The number of unbranched alkanes of at least 4 members (excludes halogenated alkanes) is 1. The molecule has 2 N–H and O–H groups in total. The van der Waals surface area contributed by atoms with E-state index >= 15 is 0 Å². The van der Waals surface area contributed by atoms with Gasteiger partial charge in [-0.25, -0.2) is 0 Å². The van der Waals surface area contributed by atoms with E-state index in [1.54, 1.807) is 0 Å². The van der Waals surface area contributed by atoms with Gasteiger partial charge in [0, 0.05) is 18.4 Å². The van der Waals surface area contributed by atoms with Crippen molar-refractivity contribution >= 4 is 33.4 Å². The summed E-state index contributed by atoms with van der Waals surface area (Å²) in [7, 11) is 0. The molecule has 0 unspecified atom stereocenters. The van der Waals surface area contributed by atoms with Crippen molar-refractivity contribution in [2.24, 2.45) is 0 Å². The van der Waals surface area contributed by atoms with E-state index in [-0.39, 0.29) is 12.3 Å². The molecule has 0 aliphatic heterocycles. The molecule has 6 nitrogen and oxygen atoms in total. The van der Waals surface area contributed by atoms with Crippen LogP contribution in [0.1, 0.15) is 40.2 Å². The molecule has 0 radical (unpaired) electrons. The van der Waals surface area contributed by atoms with Gasteiger partial charge in [0.2, 0.25) is 0 Å². The number of carboxylic acid groups (broad SMARTS) is 1. The van der Waals surface area contributed by atoms with Crippen LogP contribution in [0.5, 0.6) is 0 Å². The van der Waals surface area contributed by atoms with Crippen molar-refractivity contribution in [1.82, 2.24) is 15.1 Å². The summed E-state index contributed by atoms with van der Waals surface area (Å²) in [5.74, 6) is -0.925. The smallest absolute Gasteiger partial charge is 0.303 e. The first-order chi connectivity index (χ1) is 12.5. The van der Waals surface area contributed by atoms with E-state index in [2.05, 4.69) is 22.5 Å². The number of hydrogen-bond acceptors (Lipinski definition) is 4. The van der Waals surface area contributed by atoms with E-state index < -0.39 is 5.97 Å². The summed E-state index contributed by atoms with van der Waals surface area (Å²) in [6, 6.07) is 12.0. The summed E-state index contributed by atoms with van der Waals surface area (Å²) < 4.78 is 1.94. The largest absolute Gasteiger partial charge is 0.481 e.